The minimum Gasteiger partial charge on any atom is -0.390 e. The number of fused-ring (bicyclic) bond motifs is 1. The van der Waals surface area contributed by atoms with Gasteiger partial charge in [-0.3, -0.25) is 15.1 Å². The highest BCUT2D eigenvalue weighted by Gasteiger charge is 2.14. The molecular weight excluding hydrogens is 256 g/mol. The van der Waals surface area contributed by atoms with Crippen LogP contribution in [0.2, 0.25) is 0 Å². The molecule has 0 aliphatic carbocycles. The van der Waals surface area contributed by atoms with Crippen molar-refractivity contribution in [3.63, 3.8) is 0 Å². The number of hydrogen-bond donors (Lipinski definition) is 2. The molecule has 7 nitrogen and oxygen atoms in total. The number of aliphatic hydroxyl groups is 1. The van der Waals surface area contributed by atoms with Crippen LogP contribution < -0.4 is 0 Å². The average molecular weight is 272 g/mol. The van der Waals surface area contributed by atoms with E-state index in [4.69, 9.17) is 0 Å². The van der Waals surface area contributed by atoms with Crippen LogP contribution in [-0.4, -0.2) is 56.4 Å². The summed E-state index contributed by atoms with van der Waals surface area (Å²) >= 11 is 0. The van der Waals surface area contributed by atoms with Crippen molar-refractivity contribution in [2.45, 2.75) is 19.8 Å². The molecule has 0 amide bonds. The van der Waals surface area contributed by atoms with Crippen molar-refractivity contribution in [3.8, 4) is 0 Å². The van der Waals surface area contributed by atoms with Gasteiger partial charge in [-0.15, -0.1) is 0 Å². The van der Waals surface area contributed by atoms with E-state index in [2.05, 4.69) is 30.2 Å². The molecule has 7 heteroatoms. The van der Waals surface area contributed by atoms with Crippen LogP contribution in [-0.2, 0) is 6.42 Å². The largest absolute Gasteiger partial charge is 0.390 e. The normalized spacial score (nSPS) is 15.3. The van der Waals surface area contributed by atoms with Crippen LogP contribution in [0.3, 0.4) is 0 Å². The van der Waals surface area contributed by atoms with Gasteiger partial charge in [0.25, 0.3) is 0 Å². The highest BCUT2D eigenvalue weighted by atomic mass is 16.3. The molecule has 0 saturated carbocycles. The smallest absolute Gasteiger partial charge is 0.159 e. The Bertz CT molecular complexity index is 687. The highest BCUT2D eigenvalue weighted by molar-refractivity contribution is 6.43. The molecule has 1 aliphatic rings. The van der Waals surface area contributed by atoms with Crippen molar-refractivity contribution < 1.29 is 5.11 Å². The maximum Gasteiger partial charge on any atom is 0.159 e. The number of aliphatic hydroxyl groups excluding tert-OH is 1. The molecule has 104 valence electrons. The lowest BCUT2D eigenvalue weighted by molar-refractivity contribution is 0.358. The molecule has 2 aromatic heterocycles. The monoisotopic (exact) mass is 272 g/mol. The summed E-state index contributed by atoms with van der Waals surface area (Å²) in [7, 11) is 0. The van der Waals surface area contributed by atoms with E-state index in [0.29, 0.717) is 18.8 Å². The summed E-state index contributed by atoms with van der Waals surface area (Å²) in [6.07, 6.45) is 3.20. The number of nitrogens with one attached hydrogen (secondary N) is 1. The van der Waals surface area contributed by atoms with Crippen LogP contribution in [0.4, 0.5) is 0 Å². The van der Waals surface area contributed by atoms with Crippen LogP contribution in [0.25, 0.3) is 11.0 Å². The molecule has 0 bridgehead atoms. The van der Waals surface area contributed by atoms with E-state index in [0.717, 1.165) is 41.1 Å². The van der Waals surface area contributed by atoms with E-state index in [1.807, 2.05) is 6.92 Å². The Labute approximate surface area is 115 Å². The highest BCUT2D eigenvalue weighted by Crippen LogP contribution is 2.15. The third kappa shape index (κ3) is 2.44. The van der Waals surface area contributed by atoms with Gasteiger partial charge in [0.1, 0.15) is 5.82 Å². The van der Waals surface area contributed by atoms with E-state index in [-0.39, 0.29) is 6.61 Å². The van der Waals surface area contributed by atoms with Gasteiger partial charge in [0, 0.05) is 0 Å². The second-order valence-electron chi connectivity index (χ2n) is 4.66. The van der Waals surface area contributed by atoms with E-state index < -0.39 is 0 Å². The first-order valence-corrected chi connectivity index (χ1v) is 6.62. The minimum atomic E-state index is -0.0528. The third-order valence-corrected chi connectivity index (χ3v) is 3.29. The summed E-state index contributed by atoms with van der Waals surface area (Å²) in [5.41, 5.74) is 3.29. The van der Waals surface area contributed by atoms with Gasteiger partial charge in [-0.2, -0.15) is 5.10 Å². The second kappa shape index (κ2) is 5.46. The molecular formula is C13H16N6O. The zero-order valence-corrected chi connectivity index (χ0v) is 11.3. The SMILES string of the molecule is Cc1nc(CCC2=NCCN=C2CO)c2cn[nH]c2n1. The van der Waals surface area contributed by atoms with Gasteiger partial charge in [0.15, 0.2) is 5.65 Å². The Balaban J connectivity index is 1.82. The van der Waals surface area contributed by atoms with Gasteiger partial charge >= 0.3 is 0 Å². The van der Waals surface area contributed by atoms with E-state index in [1.165, 1.54) is 0 Å². The maximum absolute atomic E-state index is 9.29. The fourth-order valence-corrected chi connectivity index (χ4v) is 2.36. The Kier molecular flexibility index (Phi) is 3.51. The molecule has 1 aliphatic heterocycles. The summed E-state index contributed by atoms with van der Waals surface area (Å²) < 4.78 is 0. The number of aromatic amines is 1. The number of rotatable bonds is 4. The fourth-order valence-electron chi connectivity index (χ4n) is 2.36. The van der Waals surface area contributed by atoms with Crippen molar-refractivity contribution in [1.82, 2.24) is 20.2 Å². The van der Waals surface area contributed by atoms with Crippen molar-refractivity contribution in [2.24, 2.45) is 9.98 Å². The summed E-state index contributed by atoms with van der Waals surface area (Å²) in [5.74, 6) is 0.721. The first kappa shape index (κ1) is 12.9. The topological polar surface area (TPSA) is 99.4 Å². The van der Waals surface area contributed by atoms with E-state index in [1.54, 1.807) is 6.20 Å². The molecule has 0 radical (unpaired) electrons. The van der Waals surface area contributed by atoms with Gasteiger partial charge < -0.3 is 5.11 Å². The number of H-pyrrole nitrogens is 1. The van der Waals surface area contributed by atoms with Gasteiger partial charge in [0.05, 0.1) is 48.4 Å². The summed E-state index contributed by atoms with van der Waals surface area (Å²) in [5, 5.41) is 17.1. The lowest BCUT2D eigenvalue weighted by atomic mass is 10.1. The van der Waals surface area contributed by atoms with Crippen molar-refractivity contribution in [3.05, 3.63) is 17.7 Å². The third-order valence-electron chi connectivity index (χ3n) is 3.29. The molecule has 0 unspecified atom stereocenters. The predicted molar refractivity (Wildman–Crippen MR) is 76.4 cm³/mol. The zero-order valence-electron chi connectivity index (χ0n) is 11.3. The molecule has 0 atom stereocenters. The van der Waals surface area contributed by atoms with Crippen LogP contribution >= 0.6 is 0 Å². The van der Waals surface area contributed by atoms with Gasteiger partial charge in [-0.1, -0.05) is 0 Å². The Morgan fingerprint density at radius 3 is 2.75 bits per heavy atom. The van der Waals surface area contributed by atoms with Crippen molar-refractivity contribution >= 4 is 22.5 Å². The number of nitrogens with zero attached hydrogens (tertiary/aromatic N) is 5. The number of aromatic nitrogens is 4. The Morgan fingerprint density at radius 2 is 1.95 bits per heavy atom. The van der Waals surface area contributed by atoms with Gasteiger partial charge in [-0.25, -0.2) is 9.97 Å². The molecule has 2 N–H and O–H groups in total. The van der Waals surface area contributed by atoms with Crippen molar-refractivity contribution in [1.29, 1.82) is 0 Å². The summed E-state index contributed by atoms with van der Waals surface area (Å²) in [6, 6.07) is 0. The standard InChI is InChI=1S/C13H16N6O/c1-8-17-10(9-6-16-19-13(9)18-8)2-3-11-12(7-20)15-5-4-14-11/h6,20H,2-5,7H2,1H3,(H,16,17,18,19). The lowest BCUT2D eigenvalue weighted by Gasteiger charge is -2.12. The maximum atomic E-state index is 9.29. The average Bonchev–Trinajstić information content (AvgIpc) is 2.93. The number of aliphatic imine (C=N–C) groups is 2. The molecule has 20 heavy (non-hydrogen) atoms. The minimum absolute atomic E-state index is 0.0528. The number of aryl methyl sites for hydroxylation is 2. The predicted octanol–water partition coefficient (Wildman–Crippen LogP) is 0.482. The van der Waals surface area contributed by atoms with Crippen LogP contribution in [0.15, 0.2) is 16.2 Å². The molecule has 2 aromatic rings. The van der Waals surface area contributed by atoms with E-state index in [9.17, 15) is 5.11 Å². The number of hydrogen-bond acceptors (Lipinski definition) is 6. The summed E-state index contributed by atoms with van der Waals surface area (Å²) in [6.45, 7) is 3.17. The van der Waals surface area contributed by atoms with Crippen LogP contribution in [0.1, 0.15) is 17.9 Å². The Hall–Kier alpha value is -2.15. The van der Waals surface area contributed by atoms with Gasteiger partial charge in [0.2, 0.25) is 0 Å². The summed E-state index contributed by atoms with van der Waals surface area (Å²) in [4.78, 5) is 17.5. The molecule has 3 heterocycles. The molecule has 0 spiro atoms. The molecule has 0 aromatic carbocycles. The lowest BCUT2D eigenvalue weighted by Crippen LogP contribution is -2.24. The second-order valence-corrected chi connectivity index (χ2v) is 4.66. The zero-order chi connectivity index (χ0) is 13.9. The van der Waals surface area contributed by atoms with E-state index >= 15 is 0 Å². The fraction of sp³-hybridized carbons (Fsp3) is 0.462. The van der Waals surface area contributed by atoms with Crippen LogP contribution in [0, 0.1) is 6.92 Å². The molecule has 0 fully saturated rings. The quantitative estimate of drug-likeness (QED) is 0.845. The Morgan fingerprint density at radius 1 is 1.15 bits per heavy atom. The molecule has 0 saturated heterocycles. The van der Waals surface area contributed by atoms with Gasteiger partial charge in [-0.05, 0) is 19.8 Å². The molecule has 3 rings (SSSR count). The first-order chi connectivity index (χ1) is 9.78. The van der Waals surface area contributed by atoms with Crippen LogP contribution in [0.5, 0.6) is 0 Å². The first-order valence-electron chi connectivity index (χ1n) is 6.62. The van der Waals surface area contributed by atoms with Crippen molar-refractivity contribution in [2.75, 3.05) is 19.7 Å².